The van der Waals surface area contributed by atoms with Gasteiger partial charge in [0.2, 0.25) is 17.7 Å². The van der Waals surface area contributed by atoms with E-state index in [9.17, 15) is 106 Å². The number of hydrogen-bond acceptors (Lipinski definition) is 27. The molecule has 0 aromatic rings. The highest BCUT2D eigenvalue weighted by atomic mass is 16.8. The highest BCUT2D eigenvalue weighted by Crippen LogP contribution is 2.41. The number of ether oxygens (including phenoxy) is 8. The van der Waals surface area contributed by atoms with Crippen molar-refractivity contribution in [2.24, 2.45) is 0 Å². The molecule has 2 unspecified atom stereocenters. The van der Waals surface area contributed by atoms with Gasteiger partial charge in [0.25, 0.3) is 11.6 Å². The average Bonchev–Trinajstić information content (AvgIpc) is 0.755. The van der Waals surface area contributed by atoms with Gasteiger partial charge in [-0.25, -0.2) is 9.59 Å². The zero-order valence-corrected chi connectivity index (χ0v) is 59.8. The van der Waals surface area contributed by atoms with Crippen LogP contribution in [0.15, 0.2) is 24.3 Å². The first-order chi connectivity index (χ1) is 48.7. The van der Waals surface area contributed by atoms with E-state index in [1.54, 1.807) is 6.08 Å². The van der Waals surface area contributed by atoms with Crippen molar-refractivity contribution in [2.75, 3.05) is 33.0 Å². The van der Waals surface area contributed by atoms with Gasteiger partial charge >= 0.3 is 11.9 Å². The van der Waals surface area contributed by atoms with Crippen LogP contribution in [0, 0.1) is 0 Å². The lowest BCUT2D eigenvalue weighted by molar-refractivity contribution is -0.388. The lowest BCUT2D eigenvalue weighted by atomic mass is 9.87. The van der Waals surface area contributed by atoms with Crippen molar-refractivity contribution in [1.29, 1.82) is 0 Å². The van der Waals surface area contributed by atoms with Gasteiger partial charge in [0.05, 0.1) is 69.5 Å². The number of unbranched alkanes of at least 4 members (excludes halogenated alkanes) is 22. The summed E-state index contributed by atoms with van der Waals surface area (Å²) >= 11 is 0. The lowest BCUT2D eigenvalue weighted by Gasteiger charge is -2.51. The van der Waals surface area contributed by atoms with Gasteiger partial charge < -0.3 is 136 Å². The molecule has 0 aromatic carbocycles. The Morgan fingerprint density at radius 1 is 0.529 bits per heavy atom. The maximum absolute atomic E-state index is 13.6. The summed E-state index contributed by atoms with van der Waals surface area (Å²) in [6.45, 7) is 1.07. The van der Waals surface area contributed by atoms with Crippen molar-refractivity contribution in [2.45, 2.75) is 354 Å². The third-order valence-corrected chi connectivity index (χ3v) is 19.1. The van der Waals surface area contributed by atoms with Crippen LogP contribution < -0.4 is 16.0 Å². The average molecular weight is 1470 g/mol. The van der Waals surface area contributed by atoms with Crippen LogP contribution in [-0.4, -0.2) is 290 Å². The standard InChI is InChI=1S/C70H123N3O29/c1-5-7-9-11-13-15-17-19-20-22-24-26-28-30-32-34-52(84)73-44(45(80)33-31-29-27-25-23-21-18-16-14-12-10-8-6-2)41-95-65-59(89)58(88)61(51(40-77)97-65)98-66-60(90)64(56(86)49(38-75)96-66)102-70(68(93)94)36-47(82)54(72-43(4)79)63(101-70)57(87)50(39-76)99-69(67(91)92)35-46(81)53(71-42(3)78)62(100-69)55(85)48(83)37-74/h15,17,31,33,44-51,53-66,74-77,80-83,85-90H,5-14,16,18-30,32,34-41H2,1-4H3,(H,71,78)(H,72,79)(H,73,84)(H,91,92)(H,93,94)/t44-,45+,46-,47-,48+,49+,50+,51+,53+,54+,55+,56-,57+,58+,59+,60+,61+,62?,63?,64-,65+,66-,69+,70-/m0/s1. The van der Waals surface area contributed by atoms with E-state index < -0.39 is 216 Å². The van der Waals surface area contributed by atoms with E-state index in [4.69, 9.17) is 37.9 Å². The van der Waals surface area contributed by atoms with Crippen LogP contribution in [0.3, 0.4) is 0 Å². The molecule has 592 valence electrons. The fourth-order valence-corrected chi connectivity index (χ4v) is 13.2. The van der Waals surface area contributed by atoms with E-state index in [1.165, 1.54) is 70.6 Å². The SMILES string of the molecule is CCCCCCC=CCCCCCCCCCC(=O)N[C@@H](CO[C@@H]1O[C@H](CO)[C@@H](O[C@@H]2O[C@H](CO)[C@H](O)[C@H](O[C@]3(C(=O)O)C[C@H](O)[C@@H](NC(C)=O)C([C@H](O)[C@@H](CO)O[C@]4(C(=O)O)C[C@H](O)[C@@H](NC(C)=O)C([C@H](O)[C@H](O)CO)O4)O3)[C@H]2O)[C@H](O)[C@H]1O)[C@H](O)C=CCCCCCCCCCCCCC. The monoisotopic (exact) mass is 1470 g/mol. The third-order valence-electron chi connectivity index (χ3n) is 19.1. The van der Waals surface area contributed by atoms with Crippen LogP contribution in [0.1, 0.15) is 207 Å². The Bertz CT molecular complexity index is 2450. The Hall–Kier alpha value is -4.05. The summed E-state index contributed by atoms with van der Waals surface area (Å²) < 4.78 is 46.4. The molecule has 32 nitrogen and oxygen atoms in total. The first-order valence-electron chi connectivity index (χ1n) is 36.9. The fraction of sp³-hybridized carbons (Fsp3) is 0.871. The second kappa shape index (κ2) is 47.6. The Labute approximate surface area is 598 Å². The molecule has 4 aliphatic rings. The van der Waals surface area contributed by atoms with Gasteiger partial charge in [0.1, 0.15) is 85.5 Å². The van der Waals surface area contributed by atoms with Crippen molar-refractivity contribution >= 4 is 29.7 Å². The van der Waals surface area contributed by atoms with Crippen molar-refractivity contribution in [3.05, 3.63) is 24.3 Å². The maximum Gasteiger partial charge on any atom is 0.364 e. The van der Waals surface area contributed by atoms with Crippen LogP contribution in [0.4, 0.5) is 0 Å². The van der Waals surface area contributed by atoms with Gasteiger partial charge in [-0.1, -0.05) is 154 Å². The summed E-state index contributed by atoms with van der Waals surface area (Å²) in [5, 5.41) is 185. The normalized spacial score (nSPS) is 31.8. The number of amides is 3. The number of carbonyl (C=O) groups is 5. The van der Waals surface area contributed by atoms with Gasteiger partial charge in [0.15, 0.2) is 12.6 Å². The number of aliphatic hydroxyl groups is 14. The van der Waals surface area contributed by atoms with Crippen LogP contribution in [0.5, 0.6) is 0 Å². The number of aliphatic carboxylic acids is 2. The van der Waals surface area contributed by atoms with Crippen molar-refractivity contribution in [1.82, 2.24) is 16.0 Å². The van der Waals surface area contributed by atoms with Crippen LogP contribution in [0.2, 0.25) is 0 Å². The quantitative estimate of drug-likeness (QED) is 0.0284. The summed E-state index contributed by atoms with van der Waals surface area (Å²) in [6.07, 6.45) is -7.27. The van der Waals surface area contributed by atoms with E-state index in [0.717, 1.165) is 90.9 Å². The second-order valence-corrected chi connectivity index (χ2v) is 27.5. The Kier molecular flexibility index (Phi) is 42.2. The molecule has 19 N–H and O–H groups in total. The number of aliphatic hydroxyl groups excluding tert-OH is 14. The van der Waals surface area contributed by atoms with Gasteiger partial charge in [-0.3, -0.25) is 14.4 Å². The van der Waals surface area contributed by atoms with E-state index >= 15 is 0 Å². The third kappa shape index (κ3) is 28.3. The summed E-state index contributed by atoms with van der Waals surface area (Å²) in [5.41, 5.74) is 0. The Morgan fingerprint density at radius 2 is 0.990 bits per heavy atom. The fourth-order valence-electron chi connectivity index (χ4n) is 13.2. The minimum atomic E-state index is -3.39. The van der Waals surface area contributed by atoms with Crippen LogP contribution >= 0.6 is 0 Å². The molecule has 102 heavy (non-hydrogen) atoms. The summed E-state index contributed by atoms with van der Waals surface area (Å²) in [7, 11) is 0. The molecule has 0 bridgehead atoms. The zero-order valence-electron chi connectivity index (χ0n) is 59.8. The first-order valence-corrected chi connectivity index (χ1v) is 36.9. The van der Waals surface area contributed by atoms with E-state index in [2.05, 4.69) is 41.9 Å². The first kappa shape index (κ1) is 90.3. The summed E-state index contributed by atoms with van der Waals surface area (Å²) in [6, 6.07) is -4.73. The van der Waals surface area contributed by atoms with Gasteiger partial charge in [0, 0.05) is 33.1 Å². The lowest BCUT2D eigenvalue weighted by Crippen LogP contribution is -2.72. The van der Waals surface area contributed by atoms with E-state index in [0.29, 0.717) is 12.8 Å². The molecule has 3 amide bonds. The van der Waals surface area contributed by atoms with Crippen LogP contribution in [0.25, 0.3) is 0 Å². The molecule has 4 aliphatic heterocycles. The minimum absolute atomic E-state index is 0.146. The van der Waals surface area contributed by atoms with Crippen molar-refractivity contribution < 1.29 is 144 Å². The Balaban J connectivity index is 1.50. The highest BCUT2D eigenvalue weighted by Gasteiger charge is 2.62. The molecule has 0 aliphatic carbocycles. The maximum atomic E-state index is 13.6. The topological polar surface area (TPSA) is 519 Å². The number of rotatable bonds is 51. The molecule has 4 saturated heterocycles. The molecule has 32 heteroatoms. The van der Waals surface area contributed by atoms with Gasteiger partial charge in [-0.2, -0.15) is 0 Å². The molecular formula is C70H123N3O29. The number of carboxylic acid groups (broad SMARTS) is 2. The Morgan fingerprint density at radius 3 is 1.48 bits per heavy atom. The van der Waals surface area contributed by atoms with Gasteiger partial charge in [-0.15, -0.1) is 0 Å². The number of carboxylic acids is 2. The second-order valence-electron chi connectivity index (χ2n) is 27.5. The molecule has 24 atom stereocenters. The largest absolute Gasteiger partial charge is 0.477 e. The van der Waals surface area contributed by atoms with Gasteiger partial charge in [-0.05, 0) is 44.9 Å². The molecular weight excluding hydrogens is 1350 g/mol. The minimum Gasteiger partial charge on any atom is -0.477 e. The molecule has 4 fully saturated rings. The molecule has 4 rings (SSSR count). The smallest absolute Gasteiger partial charge is 0.364 e. The number of hydrogen-bond donors (Lipinski definition) is 19. The molecule has 0 aromatic heterocycles. The predicted molar refractivity (Wildman–Crippen MR) is 363 cm³/mol. The highest BCUT2D eigenvalue weighted by molar-refractivity contribution is 5.78. The van der Waals surface area contributed by atoms with E-state index in [1.807, 2.05) is 6.08 Å². The molecule has 0 saturated carbocycles. The number of allylic oxidation sites excluding steroid dienone is 3. The molecule has 0 radical (unpaired) electrons. The van der Waals surface area contributed by atoms with Crippen LogP contribution in [-0.2, 0) is 61.9 Å². The predicted octanol–water partition coefficient (Wildman–Crippen LogP) is 0.115. The van der Waals surface area contributed by atoms with Crippen molar-refractivity contribution in [3.8, 4) is 0 Å². The molecule has 4 heterocycles. The zero-order chi connectivity index (χ0) is 75.5. The summed E-state index contributed by atoms with van der Waals surface area (Å²) in [5.74, 6) is -13.1. The van der Waals surface area contributed by atoms with Crippen molar-refractivity contribution in [3.63, 3.8) is 0 Å². The van der Waals surface area contributed by atoms with E-state index in [-0.39, 0.29) is 12.3 Å². The number of nitrogens with one attached hydrogen (secondary N) is 3. The summed E-state index contributed by atoms with van der Waals surface area (Å²) in [4.78, 5) is 64.9. The molecule has 0 spiro atoms. The number of carbonyl (C=O) groups excluding carboxylic acids is 3.